The van der Waals surface area contributed by atoms with Crippen molar-refractivity contribution in [3.8, 4) is 0 Å². The minimum atomic E-state index is -2.42. The number of piperidine rings is 1. The van der Waals surface area contributed by atoms with Crippen molar-refractivity contribution in [1.82, 2.24) is 4.90 Å². The molecule has 15 unspecified atom stereocenters. The second-order valence-electron chi connectivity index (χ2n) is 24.1. The fourth-order valence-electron chi connectivity index (χ4n) is 11.3. The molecule has 1 aliphatic carbocycles. The van der Waals surface area contributed by atoms with Crippen molar-refractivity contribution < 1.29 is 62.0 Å². The minimum absolute atomic E-state index is 0.0121. The molecule has 2 saturated heterocycles. The fourth-order valence-corrected chi connectivity index (χ4v) is 13.6. The highest BCUT2D eigenvalue weighted by molar-refractivity contribution is 6.70. The lowest BCUT2D eigenvalue weighted by atomic mass is 9.78. The van der Waals surface area contributed by atoms with Crippen LogP contribution in [0, 0.1) is 41.4 Å². The molecule has 15 atom stereocenters. The van der Waals surface area contributed by atoms with Gasteiger partial charge in [-0.3, -0.25) is 19.2 Å². The Hall–Kier alpha value is -2.94. The third kappa shape index (κ3) is 18.1. The summed E-state index contributed by atoms with van der Waals surface area (Å²) >= 11 is 0. The number of carbonyl (C=O) groups excluding carboxylic acids is 5. The summed E-state index contributed by atoms with van der Waals surface area (Å²) in [6.07, 6.45) is 14.9. The van der Waals surface area contributed by atoms with Crippen LogP contribution in [0.15, 0.2) is 47.6 Å². The summed E-state index contributed by atoms with van der Waals surface area (Å²) in [7, 11) is -0.860. The molecule has 14 nitrogen and oxygen atoms in total. The number of allylic oxidation sites excluding steroid dienone is 6. The molecule has 0 aromatic rings. The number of ether oxygens (including phenoxy) is 4. The first-order valence-electron chi connectivity index (χ1n) is 27.4. The maximum atomic E-state index is 14.7. The maximum absolute atomic E-state index is 14.7. The summed E-state index contributed by atoms with van der Waals surface area (Å²) in [5.41, 5.74) is 1.56. The number of cyclic esters (lactones) is 1. The number of hydrogen-bond acceptors (Lipinski definition) is 13. The van der Waals surface area contributed by atoms with Gasteiger partial charge in [0.05, 0.1) is 43.0 Å². The third-order valence-electron chi connectivity index (χ3n) is 15.5. The zero-order valence-corrected chi connectivity index (χ0v) is 49.3. The zero-order chi connectivity index (χ0) is 54.6. The molecule has 16 heteroatoms. The van der Waals surface area contributed by atoms with Crippen LogP contribution in [-0.4, -0.2) is 137 Å². The van der Waals surface area contributed by atoms with E-state index in [9.17, 15) is 34.2 Å². The van der Waals surface area contributed by atoms with Gasteiger partial charge in [0.25, 0.3) is 11.7 Å². The Morgan fingerprint density at radius 1 is 0.808 bits per heavy atom. The van der Waals surface area contributed by atoms with Crippen molar-refractivity contribution in [2.45, 2.75) is 213 Å². The van der Waals surface area contributed by atoms with E-state index >= 15 is 0 Å². The van der Waals surface area contributed by atoms with Crippen LogP contribution in [0.5, 0.6) is 0 Å². The first kappa shape index (κ1) is 62.6. The molecular formula is C57H95NO13Si2. The summed E-state index contributed by atoms with van der Waals surface area (Å²) in [6, 6.07) is -1.12. The third-order valence-corrected chi connectivity index (χ3v) is 17.5. The summed E-state index contributed by atoms with van der Waals surface area (Å²) < 4.78 is 37.7. The average Bonchev–Trinajstić information content (AvgIpc) is 3.32. The Balaban J connectivity index is 1.76. The number of esters is 1. The molecule has 4 rings (SSSR count). The number of ketones is 3. The molecule has 3 heterocycles. The molecule has 0 radical (unpaired) electrons. The van der Waals surface area contributed by atoms with Crippen molar-refractivity contribution in [2.75, 3.05) is 27.4 Å². The summed E-state index contributed by atoms with van der Waals surface area (Å²) in [5, 5.41) is 22.9. The van der Waals surface area contributed by atoms with Gasteiger partial charge in [-0.2, -0.15) is 0 Å². The van der Waals surface area contributed by atoms with Gasteiger partial charge in [0, 0.05) is 51.4 Å². The van der Waals surface area contributed by atoms with E-state index in [1.54, 1.807) is 28.1 Å². The van der Waals surface area contributed by atoms with Gasteiger partial charge in [-0.05, 0) is 146 Å². The lowest BCUT2D eigenvalue weighted by molar-refractivity contribution is -0.265. The molecule has 73 heavy (non-hydrogen) atoms. The number of amides is 1. The number of Topliss-reactive ketones (excluding diaryl/α,β-unsaturated/α-hetero) is 3. The van der Waals surface area contributed by atoms with Gasteiger partial charge in [0.15, 0.2) is 16.6 Å². The van der Waals surface area contributed by atoms with Crippen LogP contribution >= 0.6 is 0 Å². The van der Waals surface area contributed by atoms with E-state index in [-0.39, 0.29) is 60.9 Å². The van der Waals surface area contributed by atoms with E-state index in [2.05, 4.69) is 19.6 Å². The van der Waals surface area contributed by atoms with E-state index in [0.717, 1.165) is 24.8 Å². The van der Waals surface area contributed by atoms with Crippen LogP contribution in [0.1, 0.15) is 126 Å². The lowest BCUT2D eigenvalue weighted by Gasteiger charge is -2.42. The second kappa shape index (κ2) is 27.9. The number of carbonyl (C=O) groups is 5. The first-order valence-corrected chi connectivity index (χ1v) is 34.2. The number of fused-ring (bicyclic) bond motifs is 3. The Labute approximate surface area is 440 Å². The predicted octanol–water partition coefficient (Wildman–Crippen LogP) is 9.49. The molecule has 0 aromatic heterocycles. The van der Waals surface area contributed by atoms with E-state index in [1.165, 1.54) is 4.90 Å². The molecule has 4 aliphatic rings. The van der Waals surface area contributed by atoms with Crippen LogP contribution in [0.25, 0.3) is 0 Å². The molecule has 0 aromatic carbocycles. The smallest absolute Gasteiger partial charge is 0.329 e. The summed E-state index contributed by atoms with van der Waals surface area (Å²) in [6.45, 7) is 25.5. The molecule has 1 amide bonds. The number of nitrogens with zero attached hydrogens (tertiary/aromatic N) is 1. The van der Waals surface area contributed by atoms with E-state index in [1.807, 2.05) is 90.7 Å². The van der Waals surface area contributed by atoms with Crippen molar-refractivity contribution in [1.29, 1.82) is 0 Å². The number of aliphatic hydroxyl groups excluding tert-OH is 1. The number of rotatable bonds is 10. The number of methoxy groups -OCH3 is 2. The highest BCUT2D eigenvalue weighted by Crippen LogP contribution is 2.39. The SMILES string of the molecule is COC1CC2CCC(C)C(O)(O2)C(=O)C(=O)N2CCCCC2C(=O)OC(C(C)CC2CCC(O[Si](C)(C)C)C(OC)C2)CC(=O)C(C)C=C(C)C(O[Si](C)(C)C)C(CO)C(=O)C(C)CC(C)C=CC=CC=C1C. The van der Waals surface area contributed by atoms with Crippen LogP contribution in [0.4, 0.5) is 0 Å². The summed E-state index contributed by atoms with van der Waals surface area (Å²) in [5.74, 6) is -8.24. The molecule has 3 fully saturated rings. The minimum Gasteiger partial charge on any atom is -0.460 e. The highest BCUT2D eigenvalue weighted by Gasteiger charge is 2.53. The molecule has 2 bridgehead atoms. The first-order chi connectivity index (χ1) is 34.1. The van der Waals surface area contributed by atoms with Gasteiger partial charge < -0.3 is 42.9 Å². The fraction of sp³-hybridized carbons (Fsp3) is 0.772. The van der Waals surface area contributed by atoms with Crippen LogP contribution in [0.3, 0.4) is 0 Å². The monoisotopic (exact) mass is 1060 g/mol. The Morgan fingerprint density at radius 2 is 1.49 bits per heavy atom. The van der Waals surface area contributed by atoms with Crippen molar-refractivity contribution >= 4 is 45.9 Å². The van der Waals surface area contributed by atoms with Gasteiger partial charge in [0.2, 0.25) is 5.79 Å². The Bertz CT molecular complexity index is 1990. The molecular weight excluding hydrogens is 963 g/mol. The molecule has 3 aliphatic heterocycles. The standard InChI is InChI=1S/C57H95NO13Si2/c1-36-21-17-16-18-22-37(2)49(66-8)33-44-26-24-42(7)57(65,69-44)54(62)55(63)58-28-20-19-23-46(58)56(64)68-50(39(4)31-43-25-27-48(51(32-43)67-9)70-72(10,11)12)34-47(60)38(3)30-41(6)53(71-73(13,14)15)45(35-59)52(61)40(5)29-36/h16-18,21-22,30,36,38-40,42-46,48-51,53,59,65H,19-20,23-29,31-35H2,1-15H3. The largest absolute Gasteiger partial charge is 0.460 e. The van der Waals surface area contributed by atoms with E-state index in [4.69, 9.17) is 27.8 Å². The molecule has 0 spiro atoms. The quantitative estimate of drug-likeness (QED) is 0.0914. The molecule has 414 valence electrons. The topological polar surface area (TPSA) is 184 Å². The van der Waals surface area contributed by atoms with Gasteiger partial charge in [-0.1, -0.05) is 71.1 Å². The van der Waals surface area contributed by atoms with Gasteiger partial charge in [0.1, 0.15) is 23.7 Å². The predicted molar refractivity (Wildman–Crippen MR) is 289 cm³/mol. The van der Waals surface area contributed by atoms with Gasteiger partial charge >= 0.3 is 5.97 Å². The molecule has 2 N–H and O–H groups in total. The summed E-state index contributed by atoms with van der Waals surface area (Å²) in [4.78, 5) is 73.6. The lowest BCUT2D eigenvalue weighted by Crippen LogP contribution is -2.61. The number of aliphatic hydroxyl groups is 2. The van der Waals surface area contributed by atoms with Crippen LogP contribution < -0.4 is 0 Å². The Kier molecular flexibility index (Phi) is 23.9. The zero-order valence-electron chi connectivity index (χ0n) is 47.3. The van der Waals surface area contributed by atoms with Crippen molar-refractivity contribution in [3.63, 3.8) is 0 Å². The van der Waals surface area contributed by atoms with Crippen molar-refractivity contribution in [3.05, 3.63) is 47.6 Å². The van der Waals surface area contributed by atoms with E-state index in [0.29, 0.717) is 50.5 Å². The number of hydrogen-bond donors (Lipinski definition) is 2. The van der Waals surface area contributed by atoms with E-state index < -0.39 is 101 Å². The van der Waals surface area contributed by atoms with Gasteiger partial charge in [-0.25, -0.2) is 4.79 Å². The van der Waals surface area contributed by atoms with Crippen LogP contribution in [-0.2, 0) is 51.8 Å². The van der Waals surface area contributed by atoms with Gasteiger partial charge in [-0.15, -0.1) is 0 Å². The van der Waals surface area contributed by atoms with Crippen LogP contribution in [0.2, 0.25) is 39.3 Å². The Morgan fingerprint density at radius 3 is 2.12 bits per heavy atom. The second-order valence-corrected chi connectivity index (χ2v) is 33.1. The van der Waals surface area contributed by atoms with Crippen molar-refractivity contribution in [2.24, 2.45) is 41.4 Å². The average molecular weight is 1060 g/mol. The maximum Gasteiger partial charge on any atom is 0.329 e. The molecule has 1 saturated carbocycles. The normalized spacial score (nSPS) is 35.5. The highest BCUT2D eigenvalue weighted by atomic mass is 28.4.